The third-order valence-electron chi connectivity index (χ3n) is 9.59. The average Bonchev–Trinajstić information content (AvgIpc) is 3.46. The Bertz CT molecular complexity index is 1580. The van der Waals surface area contributed by atoms with E-state index in [1.807, 2.05) is 63.7 Å². The van der Waals surface area contributed by atoms with Gasteiger partial charge in [0, 0.05) is 25.7 Å². The second-order valence-electron chi connectivity index (χ2n) is 16.3. The van der Waals surface area contributed by atoms with Crippen molar-refractivity contribution in [3.8, 4) is 0 Å². The van der Waals surface area contributed by atoms with Crippen LogP contribution in [0.25, 0.3) is 0 Å². The van der Waals surface area contributed by atoms with Crippen molar-refractivity contribution >= 4 is 19.8 Å². The standard InChI is InChI=1S/C48H78NO11P/c1-8-10-21-29-42(50)30-22-16-12-11-13-17-23-31-43(51)32-24-20-27-34-47(52)56-38-44(39-58-61(54,55)57-37-36-49(5,6)7)59-48(53)35-26-19-15-14-18-25-33-46-41(4)40(3)45(60-46)28-9-2/h10,12-13,16-17,21-24,30-32,42-44,50-51H,8-9,11,14-15,18-20,25-29,33-39H2,1-7H3/b16-12-,17-13-,21-10-,30-22+,31-23+,32-24-/t42-,43-,44-/m1/s1. The van der Waals surface area contributed by atoms with Gasteiger partial charge in [0.1, 0.15) is 31.3 Å². The summed E-state index contributed by atoms with van der Waals surface area (Å²) in [6.45, 7) is 7.92. The normalized spacial score (nSPS) is 15.2. The van der Waals surface area contributed by atoms with Crippen LogP contribution in [-0.4, -0.2) is 92.5 Å². The lowest BCUT2D eigenvalue weighted by atomic mass is 10.0. The van der Waals surface area contributed by atoms with E-state index >= 15 is 0 Å². The summed E-state index contributed by atoms with van der Waals surface area (Å²) in [6, 6.07) is 0. The number of unbranched alkanes of at least 4 members (excludes halogenated alkanes) is 6. The van der Waals surface area contributed by atoms with Crippen LogP contribution in [-0.2, 0) is 45.5 Å². The number of carbonyl (C=O) groups excluding carboxylic acids is 2. The first-order chi connectivity index (χ1) is 29.1. The van der Waals surface area contributed by atoms with Crippen molar-refractivity contribution in [3.63, 3.8) is 0 Å². The molecule has 61 heavy (non-hydrogen) atoms. The lowest BCUT2D eigenvalue weighted by Crippen LogP contribution is -2.37. The van der Waals surface area contributed by atoms with Crippen LogP contribution in [0.4, 0.5) is 0 Å². The van der Waals surface area contributed by atoms with E-state index in [1.54, 1.807) is 30.4 Å². The lowest BCUT2D eigenvalue weighted by Gasteiger charge is -2.28. The third-order valence-corrected chi connectivity index (χ3v) is 10.6. The van der Waals surface area contributed by atoms with Crippen LogP contribution in [0.15, 0.2) is 77.3 Å². The van der Waals surface area contributed by atoms with Gasteiger partial charge in [-0.15, -0.1) is 0 Å². The number of aryl methyl sites for hydroxylation is 2. The molecule has 0 fully saturated rings. The number of likely N-dealkylation sites (N-methyl/N-ethyl adjacent to an activating group) is 1. The predicted octanol–water partition coefficient (Wildman–Crippen LogP) is 9.20. The summed E-state index contributed by atoms with van der Waals surface area (Å²) in [6.07, 6.45) is 31.6. The summed E-state index contributed by atoms with van der Waals surface area (Å²) in [4.78, 5) is 37.7. The molecule has 0 aliphatic rings. The Kier molecular flexibility index (Phi) is 30.3. The molecule has 2 N–H and O–H groups in total. The molecule has 12 nitrogen and oxygen atoms in total. The summed E-state index contributed by atoms with van der Waals surface area (Å²) in [5.41, 5.74) is 2.53. The van der Waals surface area contributed by atoms with Gasteiger partial charge in [-0.1, -0.05) is 112 Å². The molecule has 1 unspecified atom stereocenters. The Hall–Kier alpha value is -3.35. The predicted molar refractivity (Wildman–Crippen MR) is 242 cm³/mol. The van der Waals surface area contributed by atoms with Crippen molar-refractivity contribution in [2.24, 2.45) is 0 Å². The first kappa shape index (κ1) is 55.7. The molecule has 0 aromatic carbocycles. The van der Waals surface area contributed by atoms with Crippen LogP contribution in [0, 0.1) is 13.8 Å². The zero-order valence-electron chi connectivity index (χ0n) is 38.3. The third kappa shape index (κ3) is 30.4. The number of hydrogen-bond donors (Lipinski definition) is 2. The molecule has 0 amide bonds. The highest BCUT2D eigenvalue weighted by Gasteiger charge is 2.22. The molecule has 13 heteroatoms. The molecular formula is C48H78NO11P. The SMILES string of the molecule is CC/C=C\C[C@@H](O)/C=C/C=C\C/C=C\C=C\[C@@H](O)/C=C\CCCC(=O)OC[C@H](COP(=O)([O-])OCC[N+](C)(C)C)OC(=O)CCCCCCCCc1oc(CCC)c(C)c1C. The fourth-order valence-corrected chi connectivity index (χ4v) is 6.58. The number of nitrogens with zero attached hydrogens (tertiary/aromatic N) is 1. The van der Waals surface area contributed by atoms with E-state index in [4.69, 9.17) is 22.9 Å². The lowest BCUT2D eigenvalue weighted by molar-refractivity contribution is -0.870. The van der Waals surface area contributed by atoms with Crippen LogP contribution in [0.2, 0.25) is 0 Å². The van der Waals surface area contributed by atoms with Gasteiger partial charge in [0.2, 0.25) is 0 Å². The molecule has 0 radical (unpaired) electrons. The number of allylic oxidation sites excluding steroid dienone is 8. The van der Waals surface area contributed by atoms with E-state index in [1.165, 1.54) is 11.1 Å². The zero-order chi connectivity index (χ0) is 45.4. The summed E-state index contributed by atoms with van der Waals surface area (Å²) < 4.78 is 39.9. The second kappa shape index (κ2) is 33.2. The summed E-state index contributed by atoms with van der Waals surface area (Å²) in [7, 11) is 1.01. The average molecular weight is 876 g/mol. The van der Waals surface area contributed by atoms with Gasteiger partial charge in [0.05, 0.1) is 40.0 Å². The van der Waals surface area contributed by atoms with Gasteiger partial charge in [-0.2, -0.15) is 0 Å². The van der Waals surface area contributed by atoms with Gasteiger partial charge in [0.25, 0.3) is 7.82 Å². The number of ether oxygens (including phenoxy) is 2. The minimum absolute atomic E-state index is 0.0764. The van der Waals surface area contributed by atoms with E-state index in [-0.39, 0.29) is 26.1 Å². The van der Waals surface area contributed by atoms with E-state index in [2.05, 4.69) is 27.7 Å². The number of aliphatic hydroxyl groups is 2. The number of carbonyl (C=O) groups is 2. The fraction of sp³-hybridized carbons (Fsp3) is 0.625. The van der Waals surface area contributed by atoms with E-state index in [0.29, 0.717) is 43.1 Å². The molecule has 0 bridgehead atoms. The number of esters is 2. The van der Waals surface area contributed by atoms with Gasteiger partial charge in [-0.05, 0) is 76.3 Å². The highest BCUT2D eigenvalue weighted by Crippen LogP contribution is 2.38. The van der Waals surface area contributed by atoms with Crippen molar-refractivity contribution in [2.45, 2.75) is 149 Å². The van der Waals surface area contributed by atoms with E-state index in [9.17, 15) is 29.3 Å². The molecule has 1 aromatic rings. The fourth-order valence-electron chi connectivity index (χ4n) is 5.85. The van der Waals surface area contributed by atoms with Crippen LogP contribution >= 0.6 is 7.82 Å². The Labute approximate surface area is 367 Å². The highest BCUT2D eigenvalue weighted by molar-refractivity contribution is 7.45. The molecule has 1 rings (SSSR count). The smallest absolute Gasteiger partial charge is 0.306 e. The molecule has 4 atom stereocenters. The molecular weight excluding hydrogens is 797 g/mol. The minimum atomic E-state index is -4.69. The maximum absolute atomic E-state index is 12.7. The first-order valence-electron chi connectivity index (χ1n) is 22.2. The first-order valence-corrected chi connectivity index (χ1v) is 23.7. The highest BCUT2D eigenvalue weighted by atomic mass is 31.2. The van der Waals surface area contributed by atoms with Crippen molar-refractivity contribution in [1.29, 1.82) is 0 Å². The largest absolute Gasteiger partial charge is 0.756 e. The van der Waals surface area contributed by atoms with Gasteiger partial charge in [0.15, 0.2) is 6.10 Å². The van der Waals surface area contributed by atoms with Crippen LogP contribution in [0.3, 0.4) is 0 Å². The molecule has 0 saturated carbocycles. The van der Waals surface area contributed by atoms with E-state index in [0.717, 1.165) is 69.3 Å². The topological polar surface area (TPSA) is 165 Å². The number of hydrogen-bond acceptors (Lipinski definition) is 11. The van der Waals surface area contributed by atoms with Gasteiger partial charge in [-0.3, -0.25) is 14.2 Å². The molecule has 1 heterocycles. The monoisotopic (exact) mass is 876 g/mol. The van der Waals surface area contributed by atoms with Crippen molar-refractivity contribution < 1.29 is 56.7 Å². The molecule has 0 saturated heterocycles. The van der Waals surface area contributed by atoms with Crippen molar-refractivity contribution in [2.75, 3.05) is 47.5 Å². The molecule has 346 valence electrons. The number of aliphatic hydroxyl groups excluding tert-OH is 2. The minimum Gasteiger partial charge on any atom is -0.756 e. The number of furan rings is 1. The maximum atomic E-state index is 12.7. The Balaban J connectivity index is 2.47. The number of quaternary nitrogens is 1. The van der Waals surface area contributed by atoms with Crippen LogP contribution in [0.5, 0.6) is 0 Å². The van der Waals surface area contributed by atoms with Crippen molar-refractivity contribution in [3.05, 3.63) is 95.6 Å². The van der Waals surface area contributed by atoms with E-state index < -0.39 is 44.7 Å². The molecule has 0 spiro atoms. The van der Waals surface area contributed by atoms with Gasteiger partial charge in [-0.25, -0.2) is 0 Å². The van der Waals surface area contributed by atoms with Gasteiger partial charge >= 0.3 is 11.9 Å². The number of phosphoric ester groups is 1. The maximum Gasteiger partial charge on any atom is 0.306 e. The van der Waals surface area contributed by atoms with Crippen LogP contribution < -0.4 is 4.89 Å². The second-order valence-corrected chi connectivity index (χ2v) is 17.7. The summed E-state index contributed by atoms with van der Waals surface area (Å²) >= 11 is 0. The van der Waals surface area contributed by atoms with Crippen molar-refractivity contribution in [1.82, 2.24) is 0 Å². The van der Waals surface area contributed by atoms with Gasteiger partial charge < -0.3 is 42.5 Å². The molecule has 0 aliphatic heterocycles. The number of phosphoric acid groups is 1. The number of rotatable bonds is 35. The summed E-state index contributed by atoms with van der Waals surface area (Å²) in [5.74, 6) is 1.14. The Morgan fingerprint density at radius 2 is 1.39 bits per heavy atom. The molecule has 1 aromatic heterocycles. The Morgan fingerprint density at radius 3 is 2.07 bits per heavy atom. The van der Waals surface area contributed by atoms with Crippen LogP contribution in [0.1, 0.15) is 126 Å². The summed E-state index contributed by atoms with van der Waals surface area (Å²) in [5, 5.41) is 20.0. The Morgan fingerprint density at radius 1 is 0.754 bits per heavy atom. The quantitative estimate of drug-likeness (QED) is 0.0167. The zero-order valence-corrected chi connectivity index (χ0v) is 39.2. The molecule has 0 aliphatic carbocycles.